The summed E-state index contributed by atoms with van der Waals surface area (Å²) < 4.78 is 10.00. The number of ether oxygens (including phenoxy) is 1. The highest BCUT2D eigenvalue weighted by Crippen LogP contribution is 2.14. The molecule has 1 heterocycles. The highest BCUT2D eigenvalue weighted by atomic mass is 16.5. The summed E-state index contributed by atoms with van der Waals surface area (Å²) in [5, 5.41) is 2.83. The molecule has 0 atom stereocenters. The van der Waals surface area contributed by atoms with E-state index in [1.807, 2.05) is 25.7 Å². The monoisotopic (exact) mass is 282 g/mol. The van der Waals surface area contributed by atoms with E-state index in [1.54, 1.807) is 6.07 Å². The molecule has 6 heteroatoms. The van der Waals surface area contributed by atoms with E-state index in [1.165, 1.54) is 13.4 Å². The summed E-state index contributed by atoms with van der Waals surface area (Å²) in [5.41, 5.74) is 0.398. The Morgan fingerprint density at radius 2 is 2.15 bits per heavy atom. The molecule has 0 saturated carbocycles. The number of furan rings is 1. The third-order valence-electron chi connectivity index (χ3n) is 2.78. The number of esters is 1. The maximum Gasteiger partial charge on any atom is 0.341 e. The molecule has 112 valence electrons. The van der Waals surface area contributed by atoms with E-state index in [0.29, 0.717) is 24.4 Å². The topological polar surface area (TPSA) is 71.8 Å². The zero-order chi connectivity index (χ0) is 15.1. The summed E-state index contributed by atoms with van der Waals surface area (Å²) in [5.74, 6) is 0.0282. The van der Waals surface area contributed by atoms with Crippen LogP contribution >= 0.6 is 0 Å². The van der Waals surface area contributed by atoms with Gasteiger partial charge in [-0.2, -0.15) is 0 Å². The highest BCUT2D eigenvalue weighted by Gasteiger charge is 2.18. The van der Waals surface area contributed by atoms with E-state index in [9.17, 15) is 9.59 Å². The van der Waals surface area contributed by atoms with Crippen LogP contribution in [0.15, 0.2) is 16.7 Å². The molecule has 0 saturated heterocycles. The zero-order valence-corrected chi connectivity index (χ0v) is 12.4. The maximum absolute atomic E-state index is 11.8. The first-order valence-corrected chi connectivity index (χ1v) is 6.64. The number of hydrogen-bond acceptors (Lipinski definition) is 5. The van der Waals surface area contributed by atoms with Crippen LogP contribution in [0.25, 0.3) is 0 Å². The van der Waals surface area contributed by atoms with Gasteiger partial charge in [-0.25, -0.2) is 4.79 Å². The first-order valence-electron chi connectivity index (χ1n) is 6.64. The SMILES string of the molecule is CCN(CC(=O)NC(C)C)Cc1occc1C(=O)OC. The van der Waals surface area contributed by atoms with Crippen molar-refractivity contribution in [2.24, 2.45) is 0 Å². The van der Waals surface area contributed by atoms with E-state index in [4.69, 9.17) is 4.42 Å². The largest absolute Gasteiger partial charge is 0.467 e. The molecular formula is C14H22N2O4. The molecule has 0 aliphatic rings. The Hall–Kier alpha value is -1.82. The molecule has 0 unspecified atom stereocenters. The quantitative estimate of drug-likeness (QED) is 0.766. The standard InChI is InChI=1S/C14H22N2O4/c1-5-16(9-13(17)15-10(2)3)8-12-11(6-7-20-12)14(18)19-4/h6-7,10H,5,8-9H2,1-4H3,(H,15,17). The fraction of sp³-hybridized carbons (Fsp3) is 0.571. The Bertz CT molecular complexity index is 454. The molecule has 20 heavy (non-hydrogen) atoms. The molecule has 0 aromatic carbocycles. The van der Waals surface area contributed by atoms with Gasteiger partial charge in [0.25, 0.3) is 0 Å². The van der Waals surface area contributed by atoms with E-state index in [0.717, 1.165) is 0 Å². The fourth-order valence-corrected chi connectivity index (χ4v) is 1.81. The molecule has 1 aromatic rings. The molecular weight excluding hydrogens is 260 g/mol. The summed E-state index contributed by atoms with van der Waals surface area (Å²) in [6, 6.07) is 1.68. The van der Waals surface area contributed by atoms with Crippen molar-refractivity contribution in [2.45, 2.75) is 33.4 Å². The summed E-state index contributed by atoms with van der Waals surface area (Å²) in [6.07, 6.45) is 1.45. The van der Waals surface area contributed by atoms with Crippen LogP contribution in [0.3, 0.4) is 0 Å². The van der Waals surface area contributed by atoms with Crippen LogP contribution < -0.4 is 5.32 Å². The highest BCUT2D eigenvalue weighted by molar-refractivity contribution is 5.90. The molecule has 1 aromatic heterocycles. The van der Waals surface area contributed by atoms with Gasteiger partial charge in [-0.05, 0) is 26.5 Å². The van der Waals surface area contributed by atoms with Crippen molar-refractivity contribution in [2.75, 3.05) is 20.2 Å². The van der Waals surface area contributed by atoms with Crippen molar-refractivity contribution in [3.63, 3.8) is 0 Å². The lowest BCUT2D eigenvalue weighted by Gasteiger charge is -2.19. The molecule has 6 nitrogen and oxygen atoms in total. The van der Waals surface area contributed by atoms with Crippen molar-refractivity contribution >= 4 is 11.9 Å². The van der Waals surface area contributed by atoms with Crippen molar-refractivity contribution < 1.29 is 18.7 Å². The molecule has 0 fully saturated rings. The molecule has 1 amide bonds. The smallest absolute Gasteiger partial charge is 0.341 e. The Labute approximate surface area is 119 Å². The summed E-state index contributed by atoms with van der Waals surface area (Å²) in [7, 11) is 1.33. The molecule has 0 bridgehead atoms. The van der Waals surface area contributed by atoms with Gasteiger partial charge >= 0.3 is 5.97 Å². The second kappa shape index (κ2) is 7.69. The molecule has 0 spiro atoms. The summed E-state index contributed by atoms with van der Waals surface area (Å²) >= 11 is 0. The number of hydrogen-bond donors (Lipinski definition) is 1. The Kier molecular flexibility index (Phi) is 6.24. The van der Waals surface area contributed by atoms with Gasteiger partial charge in [0.15, 0.2) is 0 Å². The van der Waals surface area contributed by atoms with Gasteiger partial charge in [0.2, 0.25) is 5.91 Å². The minimum Gasteiger partial charge on any atom is -0.467 e. The van der Waals surface area contributed by atoms with Gasteiger partial charge < -0.3 is 14.5 Å². The minimum atomic E-state index is -0.434. The lowest BCUT2D eigenvalue weighted by Crippen LogP contribution is -2.39. The number of nitrogens with one attached hydrogen (secondary N) is 1. The van der Waals surface area contributed by atoms with E-state index in [-0.39, 0.29) is 18.5 Å². The number of amides is 1. The zero-order valence-electron chi connectivity index (χ0n) is 12.4. The Morgan fingerprint density at radius 1 is 1.45 bits per heavy atom. The van der Waals surface area contributed by atoms with Crippen LogP contribution in [-0.2, 0) is 16.1 Å². The molecule has 0 aliphatic heterocycles. The van der Waals surface area contributed by atoms with E-state index >= 15 is 0 Å². The Balaban J connectivity index is 2.67. The molecule has 1 rings (SSSR count). The van der Waals surface area contributed by atoms with Gasteiger partial charge in [0.1, 0.15) is 11.3 Å². The van der Waals surface area contributed by atoms with Crippen molar-refractivity contribution in [3.8, 4) is 0 Å². The lowest BCUT2D eigenvalue weighted by molar-refractivity contribution is -0.122. The van der Waals surface area contributed by atoms with Crippen LogP contribution in [0.4, 0.5) is 0 Å². The predicted molar refractivity (Wildman–Crippen MR) is 74.3 cm³/mol. The number of likely N-dealkylation sites (N-methyl/N-ethyl adjacent to an activating group) is 1. The average molecular weight is 282 g/mol. The first kappa shape index (κ1) is 16.2. The third kappa shape index (κ3) is 4.70. The second-order valence-corrected chi connectivity index (χ2v) is 4.77. The van der Waals surface area contributed by atoms with Gasteiger partial charge in [-0.3, -0.25) is 9.69 Å². The predicted octanol–water partition coefficient (Wildman–Crippen LogP) is 1.41. The number of carbonyl (C=O) groups excluding carboxylic acids is 2. The van der Waals surface area contributed by atoms with E-state index in [2.05, 4.69) is 10.1 Å². The van der Waals surface area contributed by atoms with Gasteiger partial charge in [-0.1, -0.05) is 6.92 Å². The lowest BCUT2D eigenvalue weighted by atomic mass is 10.2. The van der Waals surface area contributed by atoms with Gasteiger partial charge in [0.05, 0.1) is 26.5 Å². The van der Waals surface area contributed by atoms with Crippen LogP contribution in [0, 0.1) is 0 Å². The molecule has 0 radical (unpaired) electrons. The first-order chi connectivity index (χ1) is 9.47. The van der Waals surface area contributed by atoms with Crippen LogP contribution in [-0.4, -0.2) is 43.0 Å². The molecule has 1 N–H and O–H groups in total. The summed E-state index contributed by atoms with van der Waals surface area (Å²) in [6.45, 7) is 7.10. The van der Waals surface area contributed by atoms with Crippen molar-refractivity contribution in [1.29, 1.82) is 0 Å². The minimum absolute atomic E-state index is 0.0481. The van der Waals surface area contributed by atoms with Gasteiger partial charge in [0, 0.05) is 6.04 Å². The van der Waals surface area contributed by atoms with Crippen LogP contribution in [0.5, 0.6) is 0 Å². The van der Waals surface area contributed by atoms with E-state index < -0.39 is 5.97 Å². The van der Waals surface area contributed by atoms with Crippen molar-refractivity contribution in [3.05, 3.63) is 23.7 Å². The number of rotatable bonds is 7. The van der Waals surface area contributed by atoms with Gasteiger partial charge in [-0.15, -0.1) is 0 Å². The van der Waals surface area contributed by atoms with Crippen LogP contribution in [0.1, 0.15) is 36.9 Å². The Morgan fingerprint density at radius 3 is 2.70 bits per heavy atom. The second-order valence-electron chi connectivity index (χ2n) is 4.77. The van der Waals surface area contributed by atoms with Crippen molar-refractivity contribution in [1.82, 2.24) is 10.2 Å². The normalized spacial score (nSPS) is 10.9. The average Bonchev–Trinajstić information content (AvgIpc) is 2.84. The third-order valence-corrected chi connectivity index (χ3v) is 2.78. The number of carbonyl (C=O) groups is 2. The molecule has 0 aliphatic carbocycles. The number of methoxy groups -OCH3 is 1. The van der Waals surface area contributed by atoms with Crippen LogP contribution in [0.2, 0.25) is 0 Å². The maximum atomic E-state index is 11.8. The summed E-state index contributed by atoms with van der Waals surface area (Å²) in [4.78, 5) is 25.2. The number of nitrogens with zero attached hydrogens (tertiary/aromatic N) is 1. The fourth-order valence-electron chi connectivity index (χ4n) is 1.81.